The Morgan fingerprint density at radius 1 is 1.50 bits per heavy atom. The fourth-order valence-corrected chi connectivity index (χ4v) is 2.51. The number of nitrogens with one attached hydrogen (secondary N) is 2. The summed E-state index contributed by atoms with van der Waals surface area (Å²) >= 11 is 5.94. The molecule has 1 saturated heterocycles. The monoisotopic (exact) mass is 263 g/mol. The number of nitriles is 1. The number of anilines is 1. The first-order chi connectivity index (χ1) is 8.79. The molecule has 0 spiro atoms. The van der Waals surface area contributed by atoms with Crippen LogP contribution in [0.5, 0.6) is 0 Å². The molecule has 1 heterocycles. The molecule has 1 atom stereocenters. The van der Waals surface area contributed by atoms with Crippen LogP contribution in [0.1, 0.15) is 24.8 Å². The summed E-state index contributed by atoms with van der Waals surface area (Å²) in [6, 6.07) is 7.50. The second-order valence-electron chi connectivity index (χ2n) is 4.73. The molecule has 3 nitrogen and oxygen atoms in total. The molecule has 1 aromatic carbocycles. The van der Waals surface area contributed by atoms with Crippen molar-refractivity contribution in [2.75, 3.05) is 25.0 Å². The Morgan fingerprint density at radius 2 is 2.39 bits per heavy atom. The van der Waals surface area contributed by atoms with Crippen LogP contribution in [0.15, 0.2) is 18.2 Å². The maximum Gasteiger partial charge on any atom is 0.101 e. The molecule has 0 aliphatic carbocycles. The van der Waals surface area contributed by atoms with E-state index in [1.807, 2.05) is 6.07 Å². The molecule has 2 rings (SSSR count). The van der Waals surface area contributed by atoms with Crippen molar-refractivity contribution in [2.45, 2.75) is 19.3 Å². The number of nitrogens with zero attached hydrogens (tertiary/aromatic N) is 1. The van der Waals surface area contributed by atoms with Crippen molar-refractivity contribution in [1.29, 1.82) is 5.26 Å². The summed E-state index contributed by atoms with van der Waals surface area (Å²) in [7, 11) is 0. The molecule has 0 saturated carbocycles. The second kappa shape index (κ2) is 6.63. The van der Waals surface area contributed by atoms with Gasteiger partial charge in [0, 0.05) is 11.6 Å². The van der Waals surface area contributed by atoms with E-state index in [1.54, 1.807) is 12.1 Å². The molecule has 2 N–H and O–H groups in total. The molecule has 1 fully saturated rings. The van der Waals surface area contributed by atoms with Crippen molar-refractivity contribution in [3.63, 3.8) is 0 Å². The minimum absolute atomic E-state index is 0.654. The molecular formula is C14H18ClN3. The standard InChI is InChI=1S/C14H18ClN3/c15-13-4-3-12(9-16)14(8-13)18-7-5-11-2-1-6-17-10-11/h3-4,8,11,17-18H,1-2,5-7,10H2. The minimum atomic E-state index is 0.654. The van der Waals surface area contributed by atoms with E-state index in [0.717, 1.165) is 37.7 Å². The van der Waals surface area contributed by atoms with Gasteiger partial charge in [-0.2, -0.15) is 5.26 Å². The van der Waals surface area contributed by atoms with Crippen LogP contribution in [0, 0.1) is 17.2 Å². The van der Waals surface area contributed by atoms with Crippen LogP contribution in [-0.4, -0.2) is 19.6 Å². The zero-order valence-corrected chi connectivity index (χ0v) is 11.1. The van der Waals surface area contributed by atoms with Gasteiger partial charge < -0.3 is 10.6 Å². The van der Waals surface area contributed by atoms with Gasteiger partial charge in [-0.25, -0.2) is 0 Å². The van der Waals surface area contributed by atoms with Crippen molar-refractivity contribution in [2.24, 2.45) is 5.92 Å². The summed E-state index contributed by atoms with van der Waals surface area (Å²) in [5, 5.41) is 16.4. The van der Waals surface area contributed by atoms with E-state index < -0.39 is 0 Å². The van der Waals surface area contributed by atoms with Crippen LogP contribution in [0.25, 0.3) is 0 Å². The van der Waals surface area contributed by atoms with Gasteiger partial charge in [0.2, 0.25) is 0 Å². The molecule has 1 unspecified atom stereocenters. The first kappa shape index (κ1) is 13.2. The van der Waals surface area contributed by atoms with E-state index >= 15 is 0 Å². The summed E-state index contributed by atoms with van der Waals surface area (Å²) < 4.78 is 0. The van der Waals surface area contributed by atoms with E-state index in [1.165, 1.54) is 12.8 Å². The fourth-order valence-electron chi connectivity index (χ4n) is 2.34. The van der Waals surface area contributed by atoms with Crippen LogP contribution in [0.4, 0.5) is 5.69 Å². The SMILES string of the molecule is N#Cc1ccc(Cl)cc1NCCC1CCCNC1. The predicted octanol–water partition coefficient (Wildman–Crippen LogP) is 3.01. The number of hydrogen-bond acceptors (Lipinski definition) is 3. The lowest BCUT2D eigenvalue weighted by molar-refractivity contribution is 0.364. The Bertz CT molecular complexity index is 433. The predicted molar refractivity (Wildman–Crippen MR) is 74.9 cm³/mol. The highest BCUT2D eigenvalue weighted by Gasteiger charge is 2.12. The molecule has 0 bridgehead atoms. The van der Waals surface area contributed by atoms with Gasteiger partial charge in [0.05, 0.1) is 11.3 Å². The molecule has 1 aliphatic rings. The van der Waals surface area contributed by atoms with Crippen LogP contribution >= 0.6 is 11.6 Å². The lowest BCUT2D eigenvalue weighted by Gasteiger charge is -2.23. The first-order valence-electron chi connectivity index (χ1n) is 6.44. The van der Waals surface area contributed by atoms with Crippen molar-refractivity contribution < 1.29 is 0 Å². The van der Waals surface area contributed by atoms with Crippen LogP contribution in [-0.2, 0) is 0 Å². The molecule has 4 heteroatoms. The Labute approximate surface area is 113 Å². The van der Waals surface area contributed by atoms with Gasteiger partial charge in [-0.3, -0.25) is 0 Å². The van der Waals surface area contributed by atoms with Gasteiger partial charge in [-0.05, 0) is 56.5 Å². The Balaban J connectivity index is 1.86. The normalized spacial score (nSPS) is 19.2. The molecular weight excluding hydrogens is 246 g/mol. The van der Waals surface area contributed by atoms with E-state index in [4.69, 9.17) is 16.9 Å². The highest BCUT2D eigenvalue weighted by molar-refractivity contribution is 6.30. The third-order valence-corrected chi connectivity index (χ3v) is 3.60. The fraction of sp³-hybridized carbons (Fsp3) is 0.500. The number of halogens is 1. The minimum Gasteiger partial charge on any atom is -0.384 e. The number of piperidine rings is 1. The Kier molecular flexibility index (Phi) is 4.86. The largest absolute Gasteiger partial charge is 0.384 e. The zero-order valence-electron chi connectivity index (χ0n) is 10.4. The molecule has 0 amide bonds. The second-order valence-corrected chi connectivity index (χ2v) is 5.17. The maximum atomic E-state index is 9.01. The van der Waals surface area contributed by atoms with Crippen molar-refractivity contribution in [1.82, 2.24) is 5.32 Å². The van der Waals surface area contributed by atoms with Crippen molar-refractivity contribution in [3.05, 3.63) is 28.8 Å². The Morgan fingerprint density at radius 3 is 3.11 bits per heavy atom. The average Bonchev–Trinajstić information content (AvgIpc) is 2.40. The summed E-state index contributed by atoms with van der Waals surface area (Å²) in [6.45, 7) is 3.15. The summed E-state index contributed by atoms with van der Waals surface area (Å²) in [5.74, 6) is 0.746. The van der Waals surface area contributed by atoms with Gasteiger partial charge in [0.15, 0.2) is 0 Å². The van der Waals surface area contributed by atoms with E-state index in [2.05, 4.69) is 16.7 Å². The van der Waals surface area contributed by atoms with E-state index in [-0.39, 0.29) is 0 Å². The summed E-state index contributed by atoms with van der Waals surface area (Å²) in [4.78, 5) is 0. The molecule has 1 aliphatic heterocycles. The van der Waals surface area contributed by atoms with Gasteiger partial charge in [0.25, 0.3) is 0 Å². The maximum absolute atomic E-state index is 9.01. The highest BCUT2D eigenvalue weighted by Crippen LogP contribution is 2.21. The zero-order chi connectivity index (χ0) is 12.8. The van der Waals surface area contributed by atoms with Crippen molar-refractivity contribution >= 4 is 17.3 Å². The molecule has 96 valence electrons. The topological polar surface area (TPSA) is 47.9 Å². The van der Waals surface area contributed by atoms with E-state index in [9.17, 15) is 0 Å². The Hall–Kier alpha value is -1.24. The third-order valence-electron chi connectivity index (χ3n) is 3.37. The van der Waals surface area contributed by atoms with Gasteiger partial charge in [0.1, 0.15) is 6.07 Å². The van der Waals surface area contributed by atoms with E-state index in [0.29, 0.717) is 10.6 Å². The average molecular weight is 264 g/mol. The smallest absolute Gasteiger partial charge is 0.101 e. The van der Waals surface area contributed by atoms with Gasteiger partial charge >= 0.3 is 0 Å². The van der Waals surface area contributed by atoms with Crippen molar-refractivity contribution in [3.8, 4) is 6.07 Å². The highest BCUT2D eigenvalue weighted by atomic mass is 35.5. The third kappa shape index (κ3) is 3.63. The molecule has 1 aromatic rings. The molecule has 0 aromatic heterocycles. The van der Waals surface area contributed by atoms with Crippen LogP contribution in [0.3, 0.4) is 0 Å². The molecule has 18 heavy (non-hydrogen) atoms. The number of hydrogen-bond donors (Lipinski definition) is 2. The number of rotatable bonds is 4. The molecule has 0 radical (unpaired) electrons. The lowest BCUT2D eigenvalue weighted by atomic mass is 9.96. The van der Waals surface area contributed by atoms with Gasteiger partial charge in [-0.1, -0.05) is 11.6 Å². The number of benzene rings is 1. The lowest BCUT2D eigenvalue weighted by Crippen LogP contribution is -2.30. The first-order valence-corrected chi connectivity index (χ1v) is 6.81. The van der Waals surface area contributed by atoms with Gasteiger partial charge in [-0.15, -0.1) is 0 Å². The summed E-state index contributed by atoms with van der Waals surface area (Å²) in [5.41, 5.74) is 1.50. The quantitative estimate of drug-likeness (QED) is 0.878. The van der Waals surface area contributed by atoms with Crippen LogP contribution in [0.2, 0.25) is 5.02 Å². The summed E-state index contributed by atoms with van der Waals surface area (Å²) in [6.07, 6.45) is 3.70. The van der Waals surface area contributed by atoms with Crippen LogP contribution < -0.4 is 10.6 Å².